The molecule has 0 saturated carbocycles. The number of esters is 1. The smallest absolute Gasteiger partial charge is 0.306 e. The minimum Gasteiger partial charge on any atom is -0.460 e. The van der Waals surface area contributed by atoms with Crippen LogP contribution in [-0.2, 0) is 14.3 Å². The van der Waals surface area contributed by atoms with E-state index < -0.39 is 0 Å². The fraction of sp³-hybridized carbons (Fsp3) is 0.909. The molecule has 0 atom stereocenters. The third-order valence-electron chi connectivity index (χ3n) is 1.56. The standard InChI is InChI=1S/C11H21IO3/c1-11(2,3)15-10(13)6-4-5-8-14-9-7-12/h4-9H2,1-3H3. The van der Waals surface area contributed by atoms with Crippen LogP contribution in [0.4, 0.5) is 0 Å². The Labute approximate surface area is 106 Å². The highest BCUT2D eigenvalue weighted by Gasteiger charge is 2.15. The van der Waals surface area contributed by atoms with Gasteiger partial charge in [-0.2, -0.15) is 0 Å². The van der Waals surface area contributed by atoms with Gasteiger partial charge >= 0.3 is 5.97 Å². The van der Waals surface area contributed by atoms with Crippen LogP contribution in [-0.4, -0.2) is 29.2 Å². The van der Waals surface area contributed by atoms with Crippen molar-refractivity contribution < 1.29 is 14.3 Å². The summed E-state index contributed by atoms with van der Waals surface area (Å²) in [5, 5.41) is 0. The van der Waals surface area contributed by atoms with E-state index in [-0.39, 0.29) is 11.6 Å². The van der Waals surface area contributed by atoms with Gasteiger partial charge in [-0.1, -0.05) is 22.6 Å². The summed E-state index contributed by atoms with van der Waals surface area (Å²) in [5.41, 5.74) is -0.366. The zero-order chi connectivity index (χ0) is 11.7. The van der Waals surface area contributed by atoms with E-state index in [4.69, 9.17) is 9.47 Å². The van der Waals surface area contributed by atoms with Gasteiger partial charge in [-0.05, 0) is 33.6 Å². The van der Waals surface area contributed by atoms with Crippen molar-refractivity contribution >= 4 is 28.6 Å². The lowest BCUT2D eigenvalue weighted by atomic mass is 10.2. The van der Waals surface area contributed by atoms with Gasteiger partial charge in [0.25, 0.3) is 0 Å². The van der Waals surface area contributed by atoms with Crippen LogP contribution in [0, 0.1) is 0 Å². The molecule has 0 aliphatic carbocycles. The molecule has 3 nitrogen and oxygen atoms in total. The van der Waals surface area contributed by atoms with Crippen LogP contribution in [0.2, 0.25) is 0 Å². The van der Waals surface area contributed by atoms with Crippen molar-refractivity contribution in [3.63, 3.8) is 0 Å². The number of alkyl halides is 1. The van der Waals surface area contributed by atoms with Crippen LogP contribution in [0.5, 0.6) is 0 Å². The van der Waals surface area contributed by atoms with Crippen molar-refractivity contribution in [1.29, 1.82) is 0 Å². The minimum atomic E-state index is -0.366. The Hall–Kier alpha value is 0.160. The molecular formula is C11H21IO3. The summed E-state index contributed by atoms with van der Waals surface area (Å²) >= 11 is 2.27. The lowest BCUT2D eigenvalue weighted by Crippen LogP contribution is -2.23. The van der Waals surface area contributed by atoms with Gasteiger partial charge in [-0.3, -0.25) is 4.79 Å². The molecule has 0 saturated heterocycles. The van der Waals surface area contributed by atoms with Gasteiger partial charge in [-0.25, -0.2) is 0 Å². The Morgan fingerprint density at radius 1 is 1.20 bits per heavy atom. The van der Waals surface area contributed by atoms with E-state index in [1.807, 2.05) is 20.8 Å². The van der Waals surface area contributed by atoms with Gasteiger partial charge < -0.3 is 9.47 Å². The number of hydrogen-bond acceptors (Lipinski definition) is 3. The molecule has 0 aromatic carbocycles. The second kappa shape index (κ2) is 8.33. The van der Waals surface area contributed by atoms with E-state index >= 15 is 0 Å². The van der Waals surface area contributed by atoms with Crippen LogP contribution < -0.4 is 0 Å². The molecule has 0 bridgehead atoms. The Bertz CT molecular complexity index is 175. The van der Waals surface area contributed by atoms with Gasteiger partial charge in [0.2, 0.25) is 0 Å². The van der Waals surface area contributed by atoms with E-state index in [2.05, 4.69) is 22.6 Å². The molecule has 0 unspecified atom stereocenters. The number of hydrogen-bond donors (Lipinski definition) is 0. The third-order valence-corrected chi connectivity index (χ3v) is 2.00. The van der Waals surface area contributed by atoms with Crippen LogP contribution >= 0.6 is 22.6 Å². The van der Waals surface area contributed by atoms with E-state index in [0.29, 0.717) is 6.42 Å². The first-order valence-electron chi connectivity index (χ1n) is 5.31. The van der Waals surface area contributed by atoms with Gasteiger partial charge in [0, 0.05) is 17.5 Å². The predicted octanol–water partition coefficient (Wildman–Crippen LogP) is 2.95. The summed E-state index contributed by atoms with van der Waals surface area (Å²) in [6, 6.07) is 0. The molecule has 0 aliphatic heterocycles. The molecule has 90 valence electrons. The van der Waals surface area contributed by atoms with Crippen molar-refractivity contribution in [3.05, 3.63) is 0 Å². The van der Waals surface area contributed by atoms with Crippen molar-refractivity contribution in [2.24, 2.45) is 0 Å². The molecule has 0 radical (unpaired) electrons. The van der Waals surface area contributed by atoms with Crippen LogP contribution in [0.1, 0.15) is 40.0 Å². The lowest BCUT2D eigenvalue weighted by molar-refractivity contribution is -0.154. The average molecular weight is 328 g/mol. The average Bonchev–Trinajstić information content (AvgIpc) is 2.08. The molecule has 4 heteroatoms. The third kappa shape index (κ3) is 12.1. The zero-order valence-corrected chi connectivity index (χ0v) is 12.0. The summed E-state index contributed by atoms with van der Waals surface area (Å²) in [5.74, 6) is -0.114. The number of halogens is 1. The zero-order valence-electron chi connectivity index (χ0n) is 9.85. The van der Waals surface area contributed by atoms with Crippen molar-refractivity contribution in [3.8, 4) is 0 Å². The second-order valence-corrected chi connectivity index (χ2v) is 5.42. The van der Waals surface area contributed by atoms with E-state index in [1.165, 1.54) is 0 Å². The Kier molecular flexibility index (Phi) is 8.42. The highest BCUT2D eigenvalue weighted by Crippen LogP contribution is 2.09. The Morgan fingerprint density at radius 3 is 2.40 bits per heavy atom. The molecular weight excluding hydrogens is 307 g/mol. The van der Waals surface area contributed by atoms with Gasteiger partial charge in [0.15, 0.2) is 0 Å². The number of carbonyl (C=O) groups excluding carboxylic acids is 1. The van der Waals surface area contributed by atoms with Crippen LogP contribution in [0.25, 0.3) is 0 Å². The SMILES string of the molecule is CC(C)(C)OC(=O)CCCCOCCI. The molecule has 15 heavy (non-hydrogen) atoms. The molecule has 0 amide bonds. The van der Waals surface area contributed by atoms with Gasteiger partial charge in [-0.15, -0.1) is 0 Å². The maximum Gasteiger partial charge on any atom is 0.306 e. The predicted molar refractivity (Wildman–Crippen MR) is 69.4 cm³/mol. The van der Waals surface area contributed by atoms with E-state index in [9.17, 15) is 4.79 Å². The van der Waals surface area contributed by atoms with Crippen molar-refractivity contribution in [2.75, 3.05) is 17.6 Å². The molecule has 0 N–H and O–H groups in total. The first-order valence-corrected chi connectivity index (χ1v) is 6.84. The summed E-state index contributed by atoms with van der Waals surface area (Å²) in [6.45, 7) is 7.19. The molecule has 0 spiro atoms. The first-order chi connectivity index (χ1) is 6.95. The highest BCUT2D eigenvalue weighted by molar-refractivity contribution is 14.1. The normalized spacial score (nSPS) is 11.5. The van der Waals surface area contributed by atoms with E-state index in [1.54, 1.807) is 0 Å². The fourth-order valence-corrected chi connectivity index (χ4v) is 1.33. The molecule has 0 heterocycles. The Balaban J connectivity index is 3.32. The Morgan fingerprint density at radius 2 is 1.87 bits per heavy atom. The number of ether oxygens (including phenoxy) is 2. The summed E-state index contributed by atoms with van der Waals surface area (Å²) < 4.78 is 11.5. The molecule has 0 aliphatic rings. The monoisotopic (exact) mass is 328 g/mol. The summed E-state index contributed by atoms with van der Waals surface area (Å²) in [4.78, 5) is 11.3. The van der Waals surface area contributed by atoms with Crippen molar-refractivity contribution in [2.45, 2.75) is 45.6 Å². The number of unbranched alkanes of at least 4 members (excludes halogenated alkanes) is 1. The van der Waals surface area contributed by atoms with Crippen molar-refractivity contribution in [1.82, 2.24) is 0 Å². The summed E-state index contributed by atoms with van der Waals surface area (Å²) in [7, 11) is 0. The van der Waals surface area contributed by atoms with Gasteiger partial charge in [0.05, 0.1) is 6.61 Å². The first kappa shape index (κ1) is 15.2. The fourth-order valence-electron chi connectivity index (χ4n) is 1.02. The maximum absolute atomic E-state index is 11.3. The highest BCUT2D eigenvalue weighted by atomic mass is 127. The molecule has 0 aromatic rings. The number of carbonyl (C=O) groups is 1. The molecule has 0 rings (SSSR count). The van der Waals surface area contributed by atoms with E-state index in [0.717, 1.165) is 30.5 Å². The lowest BCUT2D eigenvalue weighted by Gasteiger charge is -2.19. The largest absolute Gasteiger partial charge is 0.460 e. The number of rotatable bonds is 7. The quantitative estimate of drug-likeness (QED) is 0.312. The topological polar surface area (TPSA) is 35.5 Å². The van der Waals surface area contributed by atoms with Gasteiger partial charge in [0.1, 0.15) is 5.60 Å². The molecule has 0 fully saturated rings. The van der Waals surface area contributed by atoms with Crippen LogP contribution in [0.15, 0.2) is 0 Å². The maximum atomic E-state index is 11.3. The minimum absolute atomic E-state index is 0.114. The summed E-state index contributed by atoms with van der Waals surface area (Å²) in [6.07, 6.45) is 2.26. The van der Waals surface area contributed by atoms with Crippen LogP contribution in [0.3, 0.4) is 0 Å². The second-order valence-electron chi connectivity index (χ2n) is 4.34. The molecule has 0 aromatic heterocycles.